The Kier molecular flexibility index (Phi) is 8.08. The molecule has 1 atom stereocenters. The molecular formula is C19H27IN6O. The van der Waals surface area contributed by atoms with Gasteiger partial charge in [0.05, 0.1) is 11.9 Å². The van der Waals surface area contributed by atoms with Gasteiger partial charge in [0.25, 0.3) is 0 Å². The molecule has 0 radical (unpaired) electrons. The van der Waals surface area contributed by atoms with Crippen LogP contribution in [0.3, 0.4) is 0 Å². The molecule has 146 valence electrons. The molecule has 1 saturated heterocycles. The van der Waals surface area contributed by atoms with Crippen LogP contribution in [0.4, 0.5) is 0 Å². The lowest BCUT2D eigenvalue weighted by atomic mass is 9.95. The van der Waals surface area contributed by atoms with Crippen LogP contribution in [0.15, 0.2) is 47.7 Å². The van der Waals surface area contributed by atoms with Gasteiger partial charge in [-0.1, -0.05) is 18.2 Å². The molecule has 3 N–H and O–H groups in total. The number of nitrogens with zero attached hydrogens (tertiary/aromatic N) is 4. The second-order valence-electron chi connectivity index (χ2n) is 6.65. The highest BCUT2D eigenvalue weighted by Crippen LogP contribution is 2.19. The molecule has 1 aliphatic heterocycles. The largest absolute Gasteiger partial charge is 0.370 e. The third kappa shape index (κ3) is 5.95. The number of likely N-dealkylation sites (tertiary alicyclic amines) is 1. The zero-order chi connectivity index (χ0) is 18.4. The van der Waals surface area contributed by atoms with Gasteiger partial charge in [0, 0.05) is 44.9 Å². The highest BCUT2D eigenvalue weighted by atomic mass is 127. The van der Waals surface area contributed by atoms with Gasteiger partial charge in [-0.05, 0) is 30.9 Å². The molecule has 7 nitrogen and oxygen atoms in total. The van der Waals surface area contributed by atoms with Crippen LogP contribution in [0.2, 0.25) is 0 Å². The summed E-state index contributed by atoms with van der Waals surface area (Å²) in [6, 6.07) is 10.0. The van der Waals surface area contributed by atoms with Crippen molar-refractivity contribution in [3.63, 3.8) is 0 Å². The number of guanidine groups is 1. The molecule has 1 fully saturated rings. The molecule has 1 aromatic carbocycles. The van der Waals surface area contributed by atoms with Crippen molar-refractivity contribution in [1.82, 2.24) is 20.0 Å². The number of rotatable bonds is 5. The summed E-state index contributed by atoms with van der Waals surface area (Å²) < 4.78 is 1.86. The molecule has 2 aromatic rings. The number of piperidine rings is 1. The van der Waals surface area contributed by atoms with Crippen molar-refractivity contribution in [1.29, 1.82) is 0 Å². The van der Waals surface area contributed by atoms with Gasteiger partial charge in [-0.3, -0.25) is 9.79 Å². The standard InChI is InChI=1S/C19H26N6O.HI/c1-21-19(24-9-5-6-15(13-24)10-18(20)26)22-11-16-12-23-25(14-16)17-7-3-2-4-8-17;/h2-4,7-8,12,14-15H,5-6,9-11,13H2,1H3,(H2,20,26)(H,21,22);1H. The number of benzene rings is 1. The van der Waals surface area contributed by atoms with E-state index in [1.165, 1.54) is 0 Å². The monoisotopic (exact) mass is 482 g/mol. The van der Waals surface area contributed by atoms with Gasteiger partial charge in [0.2, 0.25) is 5.91 Å². The van der Waals surface area contributed by atoms with Gasteiger partial charge in [0.1, 0.15) is 0 Å². The molecule has 0 bridgehead atoms. The Labute approximate surface area is 177 Å². The quantitative estimate of drug-likeness (QED) is 0.389. The highest BCUT2D eigenvalue weighted by Gasteiger charge is 2.23. The smallest absolute Gasteiger partial charge is 0.217 e. The van der Waals surface area contributed by atoms with E-state index in [0.717, 1.165) is 43.1 Å². The number of hydrogen-bond acceptors (Lipinski definition) is 3. The van der Waals surface area contributed by atoms with E-state index in [1.54, 1.807) is 7.05 Å². The minimum atomic E-state index is -0.229. The lowest BCUT2D eigenvalue weighted by Crippen LogP contribution is -2.46. The number of aromatic nitrogens is 2. The van der Waals surface area contributed by atoms with E-state index in [1.807, 2.05) is 47.4 Å². The molecule has 0 saturated carbocycles. The molecule has 27 heavy (non-hydrogen) atoms. The first kappa shape index (κ1) is 21.2. The van der Waals surface area contributed by atoms with Crippen LogP contribution in [0, 0.1) is 5.92 Å². The number of primary amides is 1. The number of carbonyl (C=O) groups excluding carboxylic acids is 1. The third-order valence-electron chi connectivity index (χ3n) is 4.63. The van der Waals surface area contributed by atoms with Crippen LogP contribution in [-0.2, 0) is 11.3 Å². The second-order valence-corrected chi connectivity index (χ2v) is 6.65. The summed E-state index contributed by atoms with van der Waals surface area (Å²) in [6.45, 7) is 2.40. The fourth-order valence-corrected chi connectivity index (χ4v) is 3.40. The van der Waals surface area contributed by atoms with Gasteiger partial charge in [-0.2, -0.15) is 5.10 Å². The maximum atomic E-state index is 11.2. The molecule has 8 heteroatoms. The van der Waals surface area contributed by atoms with Gasteiger partial charge < -0.3 is 16.0 Å². The SMILES string of the molecule is CN=C(NCc1cnn(-c2ccccc2)c1)N1CCCC(CC(N)=O)C1.I. The van der Waals surface area contributed by atoms with E-state index in [2.05, 4.69) is 20.3 Å². The summed E-state index contributed by atoms with van der Waals surface area (Å²) in [7, 11) is 1.79. The van der Waals surface area contributed by atoms with Gasteiger partial charge in [0.15, 0.2) is 5.96 Å². The molecule has 0 aliphatic carbocycles. The third-order valence-corrected chi connectivity index (χ3v) is 4.63. The van der Waals surface area contributed by atoms with E-state index in [0.29, 0.717) is 18.9 Å². The maximum Gasteiger partial charge on any atom is 0.217 e. The van der Waals surface area contributed by atoms with Crippen molar-refractivity contribution in [2.24, 2.45) is 16.6 Å². The van der Waals surface area contributed by atoms with Crippen molar-refractivity contribution < 1.29 is 4.79 Å². The average molecular weight is 482 g/mol. The van der Waals surface area contributed by atoms with Crippen LogP contribution >= 0.6 is 24.0 Å². The zero-order valence-electron chi connectivity index (χ0n) is 15.5. The number of nitrogens with one attached hydrogen (secondary N) is 1. The van der Waals surface area contributed by atoms with E-state index < -0.39 is 0 Å². The number of amides is 1. The normalized spacial score (nSPS) is 17.3. The van der Waals surface area contributed by atoms with Crippen LogP contribution in [0.1, 0.15) is 24.8 Å². The first-order valence-corrected chi connectivity index (χ1v) is 8.98. The Bertz CT molecular complexity index is 761. The molecule has 1 aromatic heterocycles. The van der Waals surface area contributed by atoms with Gasteiger partial charge >= 0.3 is 0 Å². The lowest BCUT2D eigenvalue weighted by Gasteiger charge is -2.34. The Balaban J connectivity index is 0.00000261. The number of carbonyl (C=O) groups is 1. The Morgan fingerprint density at radius 3 is 2.85 bits per heavy atom. The van der Waals surface area contributed by atoms with E-state index in [-0.39, 0.29) is 29.9 Å². The molecule has 0 spiro atoms. The topological polar surface area (TPSA) is 88.5 Å². The number of para-hydroxylation sites is 1. The summed E-state index contributed by atoms with van der Waals surface area (Å²) in [6.07, 6.45) is 6.41. The molecule has 1 unspecified atom stereocenters. The summed E-state index contributed by atoms with van der Waals surface area (Å²) in [5.41, 5.74) is 7.47. The maximum absolute atomic E-state index is 11.2. The first-order valence-electron chi connectivity index (χ1n) is 8.98. The molecular weight excluding hydrogens is 455 g/mol. The minimum Gasteiger partial charge on any atom is -0.370 e. The lowest BCUT2D eigenvalue weighted by molar-refractivity contribution is -0.119. The number of nitrogens with two attached hydrogens (primary N) is 1. The number of halogens is 1. The molecule has 3 rings (SSSR count). The number of aliphatic imine (C=N–C) groups is 1. The van der Waals surface area contributed by atoms with Crippen LogP contribution < -0.4 is 11.1 Å². The van der Waals surface area contributed by atoms with Crippen molar-refractivity contribution in [2.45, 2.75) is 25.8 Å². The Morgan fingerprint density at radius 1 is 1.37 bits per heavy atom. The van der Waals surface area contributed by atoms with Crippen molar-refractivity contribution in [3.8, 4) is 5.69 Å². The highest BCUT2D eigenvalue weighted by molar-refractivity contribution is 14.0. The number of hydrogen-bond donors (Lipinski definition) is 2. The minimum absolute atomic E-state index is 0. The van der Waals surface area contributed by atoms with Crippen molar-refractivity contribution in [2.75, 3.05) is 20.1 Å². The Morgan fingerprint density at radius 2 is 2.15 bits per heavy atom. The fraction of sp³-hybridized carbons (Fsp3) is 0.421. The van der Waals surface area contributed by atoms with Crippen molar-refractivity contribution in [3.05, 3.63) is 48.3 Å². The first-order chi connectivity index (χ1) is 12.7. The van der Waals surface area contributed by atoms with E-state index in [4.69, 9.17) is 5.73 Å². The van der Waals surface area contributed by atoms with Crippen LogP contribution in [-0.4, -0.2) is 46.7 Å². The van der Waals surface area contributed by atoms with E-state index >= 15 is 0 Å². The fourth-order valence-electron chi connectivity index (χ4n) is 3.40. The Hall–Kier alpha value is -2.10. The predicted molar refractivity (Wildman–Crippen MR) is 117 cm³/mol. The van der Waals surface area contributed by atoms with Crippen molar-refractivity contribution >= 4 is 35.8 Å². The summed E-state index contributed by atoms with van der Waals surface area (Å²) in [4.78, 5) is 17.8. The summed E-state index contributed by atoms with van der Waals surface area (Å²) >= 11 is 0. The van der Waals surface area contributed by atoms with Gasteiger partial charge in [-0.15, -0.1) is 24.0 Å². The zero-order valence-corrected chi connectivity index (χ0v) is 17.9. The van der Waals surface area contributed by atoms with Crippen LogP contribution in [0.5, 0.6) is 0 Å². The predicted octanol–water partition coefficient (Wildman–Crippen LogP) is 2.15. The summed E-state index contributed by atoms with van der Waals surface area (Å²) in [5.74, 6) is 0.931. The van der Waals surface area contributed by atoms with Gasteiger partial charge in [-0.25, -0.2) is 4.68 Å². The second kappa shape index (κ2) is 10.3. The molecule has 2 heterocycles. The van der Waals surface area contributed by atoms with E-state index in [9.17, 15) is 4.79 Å². The average Bonchev–Trinajstić information content (AvgIpc) is 3.12. The molecule has 1 amide bonds. The van der Waals surface area contributed by atoms with Crippen LogP contribution in [0.25, 0.3) is 5.69 Å². The molecule has 1 aliphatic rings. The summed E-state index contributed by atoms with van der Waals surface area (Å²) in [5, 5.41) is 7.82.